The number of hydrogen-bond donors (Lipinski definition) is 2. The number of ether oxygens (including phenoxy) is 3. The van der Waals surface area contributed by atoms with Gasteiger partial charge in [0.1, 0.15) is 17.3 Å². The first-order chi connectivity index (χ1) is 19.2. The smallest absolute Gasteiger partial charge is 0.300 e. The van der Waals surface area contributed by atoms with Gasteiger partial charge in [-0.1, -0.05) is 26.0 Å². The molecule has 1 atom stereocenters. The summed E-state index contributed by atoms with van der Waals surface area (Å²) in [6.07, 6.45) is 0. The molecular formula is C32H35NO7. The van der Waals surface area contributed by atoms with Crippen molar-refractivity contribution in [1.29, 1.82) is 0 Å². The van der Waals surface area contributed by atoms with Crippen LogP contribution in [0.25, 0.3) is 5.76 Å². The monoisotopic (exact) mass is 545 g/mol. The molecule has 0 aliphatic carbocycles. The molecule has 1 fully saturated rings. The van der Waals surface area contributed by atoms with Gasteiger partial charge in [-0.2, -0.15) is 0 Å². The summed E-state index contributed by atoms with van der Waals surface area (Å²) >= 11 is 0. The summed E-state index contributed by atoms with van der Waals surface area (Å²) < 4.78 is 17.0. The topological polar surface area (TPSA) is 106 Å². The maximum Gasteiger partial charge on any atom is 0.300 e. The molecule has 0 radical (unpaired) electrons. The Labute approximate surface area is 234 Å². The van der Waals surface area contributed by atoms with Crippen LogP contribution in [0.15, 0.2) is 66.2 Å². The largest absolute Gasteiger partial charge is 0.507 e. The molecule has 4 rings (SSSR count). The Morgan fingerprint density at radius 1 is 0.875 bits per heavy atom. The summed E-state index contributed by atoms with van der Waals surface area (Å²) in [7, 11) is 0. The second kappa shape index (κ2) is 12.2. The molecule has 1 heterocycles. The third-order valence-electron chi connectivity index (χ3n) is 6.66. The number of anilines is 1. The van der Waals surface area contributed by atoms with Gasteiger partial charge in [0.15, 0.2) is 11.5 Å². The Kier molecular flexibility index (Phi) is 8.67. The van der Waals surface area contributed by atoms with Gasteiger partial charge in [0.25, 0.3) is 11.7 Å². The Balaban J connectivity index is 1.95. The first-order valence-corrected chi connectivity index (χ1v) is 13.5. The summed E-state index contributed by atoms with van der Waals surface area (Å²) in [4.78, 5) is 28.5. The third-order valence-corrected chi connectivity index (χ3v) is 6.66. The zero-order valence-electron chi connectivity index (χ0n) is 23.4. The molecule has 0 aromatic heterocycles. The van der Waals surface area contributed by atoms with Crippen LogP contribution >= 0.6 is 0 Å². The van der Waals surface area contributed by atoms with Crippen LogP contribution in [-0.2, 0) is 9.59 Å². The van der Waals surface area contributed by atoms with Gasteiger partial charge in [0.2, 0.25) is 0 Å². The Morgan fingerprint density at radius 3 is 2.25 bits per heavy atom. The maximum atomic E-state index is 13.6. The summed E-state index contributed by atoms with van der Waals surface area (Å²) in [6, 6.07) is 15.8. The number of phenolic OH excluding ortho intramolecular Hbond substituents is 1. The van der Waals surface area contributed by atoms with E-state index in [1.54, 1.807) is 61.5 Å². The number of benzene rings is 3. The number of nitrogens with zero attached hydrogens (tertiary/aromatic N) is 1. The number of rotatable bonds is 10. The predicted octanol–water partition coefficient (Wildman–Crippen LogP) is 6.34. The third kappa shape index (κ3) is 5.47. The molecule has 1 unspecified atom stereocenters. The molecule has 0 saturated carbocycles. The number of carbonyl (C=O) groups excluding carboxylic acids is 2. The second-order valence-electron chi connectivity index (χ2n) is 9.60. The van der Waals surface area contributed by atoms with Gasteiger partial charge in [-0.15, -0.1) is 0 Å². The highest BCUT2D eigenvalue weighted by Gasteiger charge is 2.47. The van der Waals surface area contributed by atoms with Crippen molar-refractivity contribution < 1.29 is 34.0 Å². The molecule has 1 aliphatic rings. The predicted molar refractivity (Wildman–Crippen MR) is 153 cm³/mol. The summed E-state index contributed by atoms with van der Waals surface area (Å²) in [6.45, 7) is 10.8. The molecule has 1 amide bonds. The number of aliphatic hydroxyl groups excluding tert-OH is 1. The number of aliphatic hydroxyl groups is 1. The Hall–Kier alpha value is -4.46. The number of hydrogen-bond acceptors (Lipinski definition) is 7. The van der Waals surface area contributed by atoms with E-state index in [1.807, 2.05) is 27.7 Å². The number of amides is 1. The van der Waals surface area contributed by atoms with Gasteiger partial charge < -0.3 is 24.4 Å². The minimum absolute atomic E-state index is 0.0705. The average Bonchev–Trinajstić information content (AvgIpc) is 3.20. The van der Waals surface area contributed by atoms with E-state index in [4.69, 9.17) is 14.2 Å². The van der Waals surface area contributed by atoms with E-state index in [-0.39, 0.29) is 28.7 Å². The summed E-state index contributed by atoms with van der Waals surface area (Å²) in [5.41, 5.74) is 2.10. The van der Waals surface area contributed by atoms with Crippen molar-refractivity contribution in [3.8, 4) is 23.0 Å². The fraction of sp³-hybridized carbons (Fsp3) is 0.312. The first kappa shape index (κ1) is 28.5. The van der Waals surface area contributed by atoms with E-state index < -0.39 is 17.7 Å². The van der Waals surface area contributed by atoms with Gasteiger partial charge in [-0.3, -0.25) is 14.5 Å². The van der Waals surface area contributed by atoms with Gasteiger partial charge in [-0.05, 0) is 80.3 Å². The lowest BCUT2D eigenvalue weighted by Gasteiger charge is -2.26. The molecule has 8 heteroatoms. The molecular weight excluding hydrogens is 510 g/mol. The van der Waals surface area contributed by atoms with Gasteiger partial charge in [0, 0.05) is 17.3 Å². The molecule has 1 aliphatic heterocycles. The van der Waals surface area contributed by atoms with Crippen LogP contribution in [0, 0.1) is 0 Å². The van der Waals surface area contributed by atoms with E-state index in [2.05, 4.69) is 0 Å². The van der Waals surface area contributed by atoms with E-state index >= 15 is 0 Å². The zero-order chi connectivity index (χ0) is 29.0. The van der Waals surface area contributed by atoms with Crippen LogP contribution in [0.1, 0.15) is 63.3 Å². The number of ketones is 1. The van der Waals surface area contributed by atoms with Crippen LogP contribution in [0.4, 0.5) is 5.69 Å². The van der Waals surface area contributed by atoms with Gasteiger partial charge >= 0.3 is 0 Å². The highest BCUT2D eigenvalue weighted by molar-refractivity contribution is 6.51. The van der Waals surface area contributed by atoms with Crippen LogP contribution in [0.2, 0.25) is 0 Å². The van der Waals surface area contributed by atoms with E-state index in [0.29, 0.717) is 48.1 Å². The molecule has 8 nitrogen and oxygen atoms in total. The summed E-state index contributed by atoms with van der Waals surface area (Å²) in [5, 5.41) is 22.0. The minimum Gasteiger partial charge on any atom is -0.507 e. The Morgan fingerprint density at radius 2 is 1.57 bits per heavy atom. The van der Waals surface area contributed by atoms with Crippen molar-refractivity contribution >= 4 is 23.1 Å². The number of Topliss-reactive ketones (excluding diaryl/α,β-unsaturated/α-hetero) is 1. The van der Waals surface area contributed by atoms with Gasteiger partial charge in [0.05, 0.1) is 31.4 Å². The molecule has 1 saturated heterocycles. The van der Waals surface area contributed by atoms with Gasteiger partial charge in [-0.25, -0.2) is 0 Å². The van der Waals surface area contributed by atoms with Crippen molar-refractivity contribution in [3.63, 3.8) is 0 Å². The second-order valence-corrected chi connectivity index (χ2v) is 9.60. The molecule has 40 heavy (non-hydrogen) atoms. The quantitative estimate of drug-likeness (QED) is 0.174. The van der Waals surface area contributed by atoms with Crippen LogP contribution in [0.3, 0.4) is 0 Å². The van der Waals surface area contributed by atoms with Crippen LogP contribution in [0.5, 0.6) is 23.0 Å². The zero-order valence-corrected chi connectivity index (χ0v) is 23.4. The molecule has 210 valence electrons. The fourth-order valence-electron chi connectivity index (χ4n) is 4.87. The molecule has 3 aromatic rings. The molecule has 0 bridgehead atoms. The first-order valence-electron chi connectivity index (χ1n) is 13.5. The molecule has 0 spiro atoms. The number of phenols is 1. The number of aromatic hydroxyl groups is 1. The average molecular weight is 546 g/mol. The SMILES string of the molecule is CCOc1cccc(N2C(=O)C(=O)/C(=C(/O)c3ccc(OCC)c(C(C)C)c3)C2c2ccc(O)c(OCC)c2)c1. The van der Waals surface area contributed by atoms with E-state index in [1.165, 1.54) is 11.0 Å². The van der Waals surface area contributed by atoms with Crippen molar-refractivity contribution in [2.75, 3.05) is 24.7 Å². The van der Waals surface area contributed by atoms with Crippen molar-refractivity contribution in [2.45, 2.75) is 46.6 Å². The lowest BCUT2D eigenvalue weighted by atomic mass is 9.93. The van der Waals surface area contributed by atoms with Crippen LogP contribution in [-0.4, -0.2) is 41.7 Å². The van der Waals surface area contributed by atoms with Crippen molar-refractivity contribution in [2.24, 2.45) is 0 Å². The maximum absolute atomic E-state index is 13.6. The lowest BCUT2D eigenvalue weighted by Crippen LogP contribution is -2.29. The minimum atomic E-state index is -0.995. The highest BCUT2D eigenvalue weighted by Crippen LogP contribution is 2.45. The van der Waals surface area contributed by atoms with Crippen LogP contribution < -0.4 is 19.1 Å². The van der Waals surface area contributed by atoms with E-state index in [0.717, 1.165) is 5.56 Å². The standard InChI is InChI=1S/C32H35NO7/c1-6-38-23-11-9-10-22(18-23)33-29(20-12-14-25(34)27(17-20)40-8-3)28(31(36)32(33)37)30(35)21-13-15-26(39-7-2)24(16-21)19(4)5/h9-19,29,34-35H,6-8H2,1-5H3/b30-28+. The summed E-state index contributed by atoms with van der Waals surface area (Å²) in [5.74, 6) is -0.474. The highest BCUT2D eigenvalue weighted by atomic mass is 16.5. The fourth-order valence-corrected chi connectivity index (χ4v) is 4.87. The number of carbonyl (C=O) groups is 2. The Bertz CT molecular complexity index is 1440. The van der Waals surface area contributed by atoms with E-state index in [9.17, 15) is 19.8 Å². The van der Waals surface area contributed by atoms with Crippen molar-refractivity contribution in [1.82, 2.24) is 0 Å². The lowest BCUT2D eigenvalue weighted by molar-refractivity contribution is -0.132. The normalized spacial score (nSPS) is 16.4. The molecule has 3 aromatic carbocycles. The van der Waals surface area contributed by atoms with Crippen molar-refractivity contribution in [3.05, 3.63) is 82.9 Å². The molecule has 2 N–H and O–H groups in total.